The normalized spacial score (nSPS) is 12.0. The smallest absolute Gasteiger partial charge is 0.446 e. The van der Waals surface area contributed by atoms with Crippen molar-refractivity contribution in [3.05, 3.63) is 36.5 Å². The van der Waals surface area contributed by atoms with Crippen LogP contribution >= 0.6 is 11.8 Å². The molecular formula is C13H8F3N3OS. The Morgan fingerprint density at radius 1 is 1.19 bits per heavy atom. The van der Waals surface area contributed by atoms with Crippen LogP contribution in [0.3, 0.4) is 0 Å². The molecule has 0 bridgehead atoms. The zero-order chi connectivity index (χ0) is 15.0. The second kappa shape index (κ2) is 4.96. The SMILES string of the molecule is Oc1ccnc2[nH]nc(-c3cccc(SC(F)(F)F)c3)c12. The Morgan fingerprint density at radius 3 is 2.76 bits per heavy atom. The Balaban J connectivity index is 2.09. The van der Waals surface area contributed by atoms with E-state index in [4.69, 9.17) is 0 Å². The lowest BCUT2D eigenvalue weighted by Gasteiger charge is -2.06. The van der Waals surface area contributed by atoms with Crippen LogP contribution in [-0.2, 0) is 0 Å². The first-order chi connectivity index (χ1) is 9.94. The first-order valence-electron chi connectivity index (χ1n) is 5.82. The van der Waals surface area contributed by atoms with Crippen molar-refractivity contribution in [1.29, 1.82) is 0 Å². The van der Waals surface area contributed by atoms with Crippen LogP contribution in [0.5, 0.6) is 5.75 Å². The lowest BCUT2D eigenvalue weighted by molar-refractivity contribution is -0.0328. The highest BCUT2D eigenvalue weighted by atomic mass is 32.2. The molecule has 0 amide bonds. The van der Waals surface area contributed by atoms with Gasteiger partial charge in [-0.05, 0) is 30.0 Å². The maximum Gasteiger partial charge on any atom is 0.446 e. The van der Waals surface area contributed by atoms with Gasteiger partial charge in [0.1, 0.15) is 11.4 Å². The number of nitrogens with zero attached hydrogens (tertiary/aromatic N) is 2. The number of thioether (sulfide) groups is 1. The molecule has 3 aromatic rings. The first-order valence-corrected chi connectivity index (χ1v) is 6.64. The monoisotopic (exact) mass is 311 g/mol. The summed E-state index contributed by atoms with van der Waals surface area (Å²) in [7, 11) is 0. The van der Waals surface area contributed by atoms with Crippen molar-refractivity contribution < 1.29 is 18.3 Å². The van der Waals surface area contributed by atoms with E-state index < -0.39 is 5.51 Å². The van der Waals surface area contributed by atoms with E-state index >= 15 is 0 Å². The average molecular weight is 311 g/mol. The summed E-state index contributed by atoms with van der Waals surface area (Å²) in [6, 6.07) is 7.28. The molecule has 8 heteroatoms. The average Bonchev–Trinajstić information content (AvgIpc) is 2.82. The Kier molecular flexibility index (Phi) is 3.25. The zero-order valence-electron chi connectivity index (χ0n) is 10.3. The molecule has 0 aliphatic rings. The number of hydrogen-bond donors (Lipinski definition) is 2. The molecule has 0 saturated heterocycles. The van der Waals surface area contributed by atoms with Crippen LogP contribution in [0.25, 0.3) is 22.3 Å². The van der Waals surface area contributed by atoms with E-state index in [0.29, 0.717) is 22.3 Å². The predicted octanol–water partition coefficient (Wildman–Crippen LogP) is 3.94. The van der Waals surface area contributed by atoms with E-state index in [-0.39, 0.29) is 22.4 Å². The minimum Gasteiger partial charge on any atom is -0.507 e. The Bertz CT molecular complexity index is 801. The van der Waals surface area contributed by atoms with Gasteiger partial charge in [0.25, 0.3) is 0 Å². The summed E-state index contributed by atoms with van der Waals surface area (Å²) in [4.78, 5) is 4.06. The van der Waals surface area contributed by atoms with Gasteiger partial charge in [-0.1, -0.05) is 12.1 Å². The van der Waals surface area contributed by atoms with Crippen molar-refractivity contribution in [2.24, 2.45) is 0 Å². The van der Waals surface area contributed by atoms with Crippen LogP contribution in [0.4, 0.5) is 13.2 Å². The van der Waals surface area contributed by atoms with Crippen molar-refractivity contribution in [1.82, 2.24) is 15.2 Å². The number of hydrogen-bond acceptors (Lipinski definition) is 4. The molecule has 0 atom stereocenters. The minimum atomic E-state index is -4.35. The van der Waals surface area contributed by atoms with E-state index in [2.05, 4.69) is 15.2 Å². The summed E-state index contributed by atoms with van der Waals surface area (Å²) in [5, 5.41) is 16.9. The Morgan fingerprint density at radius 2 is 2.00 bits per heavy atom. The third-order valence-corrected chi connectivity index (χ3v) is 3.50. The Labute approximate surface area is 121 Å². The lowest BCUT2D eigenvalue weighted by Crippen LogP contribution is -1.98. The molecule has 0 unspecified atom stereocenters. The summed E-state index contributed by atoms with van der Waals surface area (Å²) < 4.78 is 37.3. The zero-order valence-corrected chi connectivity index (χ0v) is 11.2. The topological polar surface area (TPSA) is 61.8 Å². The molecule has 2 aromatic heterocycles. The maximum atomic E-state index is 12.4. The maximum absolute atomic E-state index is 12.4. The van der Waals surface area contributed by atoms with Crippen molar-refractivity contribution in [2.75, 3.05) is 0 Å². The number of pyridine rings is 1. The van der Waals surface area contributed by atoms with Gasteiger partial charge in [0, 0.05) is 16.7 Å². The van der Waals surface area contributed by atoms with Gasteiger partial charge in [0.2, 0.25) is 0 Å². The van der Waals surface area contributed by atoms with Gasteiger partial charge in [0.05, 0.1) is 5.39 Å². The van der Waals surface area contributed by atoms with Crippen LogP contribution in [0.2, 0.25) is 0 Å². The number of halogens is 3. The van der Waals surface area contributed by atoms with E-state index in [1.54, 1.807) is 6.07 Å². The van der Waals surface area contributed by atoms with E-state index in [1.807, 2.05) is 0 Å². The second-order valence-electron chi connectivity index (χ2n) is 4.20. The summed E-state index contributed by atoms with van der Waals surface area (Å²) >= 11 is -0.194. The van der Waals surface area contributed by atoms with Gasteiger partial charge in [-0.2, -0.15) is 18.3 Å². The first kappa shape index (κ1) is 13.7. The van der Waals surface area contributed by atoms with Crippen LogP contribution in [-0.4, -0.2) is 25.8 Å². The molecule has 3 rings (SSSR count). The number of aromatic amines is 1. The summed E-state index contributed by atoms with van der Waals surface area (Å²) in [5.74, 6) is -0.0300. The van der Waals surface area contributed by atoms with Crippen LogP contribution < -0.4 is 0 Å². The summed E-state index contributed by atoms with van der Waals surface area (Å²) in [5.41, 5.74) is -3.14. The highest BCUT2D eigenvalue weighted by Gasteiger charge is 2.29. The molecule has 2 N–H and O–H groups in total. The molecule has 1 aromatic carbocycles. The second-order valence-corrected chi connectivity index (χ2v) is 5.34. The van der Waals surface area contributed by atoms with Crippen molar-refractivity contribution in [2.45, 2.75) is 10.4 Å². The molecular weight excluding hydrogens is 303 g/mol. The van der Waals surface area contributed by atoms with Gasteiger partial charge < -0.3 is 5.11 Å². The number of alkyl halides is 3. The van der Waals surface area contributed by atoms with Crippen molar-refractivity contribution in [3.63, 3.8) is 0 Å². The van der Waals surface area contributed by atoms with Crippen molar-refractivity contribution in [3.8, 4) is 17.0 Å². The van der Waals surface area contributed by atoms with E-state index in [0.717, 1.165) is 0 Å². The molecule has 21 heavy (non-hydrogen) atoms. The standard InChI is InChI=1S/C13H8F3N3OS/c14-13(15,16)21-8-3-1-2-7(6-8)11-10-9(20)4-5-17-12(10)19-18-11/h1-6H,(H2,17,18,19,20). The van der Waals surface area contributed by atoms with Crippen LogP contribution in [0.1, 0.15) is 0 Å². The molecule has 0 aliphatic heterocycles. The van der Waals surface area contributed by atoms with Gasteiger partial charge in [-0.15, -0.1) is 0 Å². The van der Waals surface area contributed by atoms with Crippen molar-refractivity contribution >= 4 is 22.8 Å². The fourth-order valence-corrected chi connectivity index (χ4v) is 2.58. The van der Waals surface area contributed by atoms with Gasteiger partial charge in [0.15, 0.2) is 5.65 Å². The molecule has 4 nitrogen and oxygen atoms in total. The molecule has 0 spiro atoms. The number of aromatic nitrogens is 3. The Hall–Kier alpha value is -2.22. The number of benzene rings is 1. The van der Waals surface area contributed by atoms with Gasteiger partial charge >= 0.3 is 5.51 Å². The summed E-state index contributed by atoms with van der Waals surface area (Å²) in [6.07, 6.45) is 1.41. The third kappa shape index (κ3) is 2.80. The molecule has 0 aliphatic carbocycles. The summed E-state index contributed by atoms with van der Waals surface area (Å²) in [6.45, 7) is 0. The van der Waals surface area contributed by atoms with Gasteiger partial charge in [-0.25, -0.2) is 4.98 Å². The van der Waals surface area contributed by atoms with Crippen LogP contribution in [0.15, 0.2) is 41.4 Å². The lowest BCUT2D eigenvalue weighted by atomic mass is 10.1. The molecule has 2 heterocycles. The number of fused-ring (bicyclic) bond motifs is 1. The molecule has 0 saturated carbocycles. The van der Waals surface area contributed by atoms with Crippen LogP contribution in [0, 0.1) is 0 Å². The molecule has 0 radical (unpaired) electrons. The number of H-pyrrole nitrogens is 1. The fourth-order valence-electron chi connectivity index (χ4n) is 1.98. The van der Waals surface area contributed by atoms with E-state index in [1.165, 1.54) is 30.5 Å². The predicted molar refractivity (Wildman–Crippen MR) is 72.9 cm³/mol. The van der Waals surface area contributed by atoms with E-state index in [9.17, 15) is 18.3 Å². The minimum absolute atomic E-state index is 0.0300. The molecule has 108 valence electrons. The highest BCUT2D eigenvalue weighted by Crippen LogP contribution is 2.39. The molecule has 0 fully saturated rings. The third-order valence-electron chi connectivity index (χ3n) is 2.78. The quantitative estimate of drug-likeness (QED) is 0.704. The van der Waals surface area contributed by atoms with Gasteiger partial charge in [-0.3, -0.25) is 5.10 Å². The number of nitrogens with one attached hydrogen (secondary N) is 1. The fraction of sp³-hybridized carbons (Fsp3) is 0.0769. The number of rotatable bonds is 2. The highest BCUT2D eigenvalue weighted by molar-refractivity contribution is 8.00. The largest absolute Gasteiger partial charge is 0.507 e. The number of aromatic hydroxyl groups is 1.